The molecule has 1 amide bonds. The Bertz CT molecular complexity index is 1270. The van der Waals surface area contributed by atoms with Crippen molar-refractivity contribution in [3.05, 3.63) is 46.8 Å². The first-order valence-electron chi connectivity index (χ1n) is 10.8. The van der Waals surface area contributed by atoms with Gasteiger partial charge >= 0.3 is 0 Å². The summed E-state index contributed by atoms with van der Waals surface area (Å²) < 4.78 is 18.1. The van der Waals surface area contributed by atoms with Crippen LogP contribution in [-0.2, 0) is 17.8 Å². The van der Waals surface area contributed by atoms with Gasteiger partial charge in [0, 0.05) is 18.2 Å². The number of fused-ring (bicyclic) bond motifs is 4. The van der Waals surface area contributed by atoms with Crippen LogP contribution < -0.4 is 10.6 Å². The summed E-state index contributed by atoms with van der Waals surface area (Å²) in [5.74, 6) is -0.793. The van der Waals surface area contributed by atoms with Gasteiger partial charge in [0.1, 0.15) is 17.3 Å². The number of hydrogen-bond acceptors (Lipinski definition) is 6. The minimum absolute atomic E-state index is 0.0195. The van der Waals surface area contributed by atoms with Crippen LogP contribution in [0.5, 0.6) is 0 Å². The topological polar surface area (TPSA) is 108 Å². The van der Waals surface area contributed by atoms with Gasteiger partial charge in [-0.1, -0.05) is 0 Å². The van der Waals surface area contributed by atoms with E-state index in [4.69, 9.17) is 10.8 Å². The van der Waals surface area contributed by atoms with E-state index in [1.165, 1.54) is 10.1 Å². The van der Waals surface area contributed by atoms with Crippen molar-refractivity contribution in [3.63, 3.8) is 0 Å². The molecule has 0 aliphatic carbocycles. The van der Waals surface area contributed by atoms with E-state index in [0.29, 0.717) is 24.3 Å². The van der Waals surface area contributed by atoms with Gasteiger partial charge in [0.25, 0.3) is 0 Å². The lowest BCUT2D eigenvalue weighted by atomic mass is 9.92. The summed E-state index contributed by atoms with van der Waals surface area (Å²) in [6.07, 6.45) is 1.92. The van der Waals surface area contributed by atoms with Crippen LogP contribution in [0.2, 0.25) is 0 Å². The largest absolute Gasteiger partial charge is 0.369 e. The molecule has 5 heterocycles. The first-order valence-corrected chi connectivity index (χ1v) is 10.8. The Morgan fingerprint density at radius 3 is 2.81 bits per heavy atom. The highest BCUT2D eigenvalue weighted by molar-refractivity contribution is 5.76. The zero-order chi connectivity index (χ0) is 22.7. The molecule has 3 aromatic heterocycles. The third kappa shape index (κ3) is 2.96. The number of carbonyl (C=O) groups excluding carboxylic acids is 1. The molecule has 3 atom stereocenters. The summed E-state index contributed by atoms with van der Waals surface area (Å²) in [4.78, 5) is 15.8. The Morgan fingerprint density at radius 1 is 1.31 bits per heavy atom. The van der Waals surface area contributed by atoms with Gasteiger partial charge in [-0.25, -0.2) is 8.91 Å². The highest BCUT2D eigenvalue weighted by Crippen LogP contribution is 2.38. The van der Waals surface area contributed by atoms with Crippen molar-refractivity contribution in [2.24, 2.45) is 5.73 Å². The van der Waals surface area contributed by atoms with E-state index in [-0.39, 0.29) is 36.3 Å². The van der Waals surface area contributed by atoms with Crippen LogP contribution in [0.4, 0.5) is 10.1 Å². The maximum absolute atomic E-state index is 14.7. The van der Waals surface area contributed by atoms with Gasteiger partial charge in [0.2, 0.25) is 5.91 Å². The number of pyridine rings is 1. The molecular formula is C22H25FN8O. The van der Waals surface area contributed by atoms with Crippen molar-refractivity contribution in [3.8, 4) is 6.07 Å². The summed E-state index contributed by atoms with van der Waals surface area (Å²) in [7, 11) is 0. The smallest absolute Gasteiger partial charge is 0.231 e. The minimum atomic E-state index is -0.449. The lowest BCUT2D eigenvalue weighted by Crippen LogP contribution is -2.45. The van der Waals surface area contributed by atoms with Crippen LogP contribution in [0.25, 0.3) is 5.52 Å². The van der Waals surface area contributed by atoms with E-state index in [0.717, 1.165) is 24.0 Å². The fourth-order valence-corrected chi connectivity index (χ4v) is 5.25. The Morgan fingerprint density at radius 2 is 2.09 bits per heavy atom. The molecule has 10 heteroatoms. The van der Waals surface area contributed by atoms with Gasteiger partial charge in [-0.3, -0.25) is 14.4 Å². The number of rotatable bonds is 3. The molecule has 0 radical (unpaired) electrons. The Labute approximate surface area is 184 Å². The van der Waals surface area contributed by atoms with Crippen molar-refractivity contribution in [2.75, 3.05) is 18.0 Å². The first-order chi connectivity index (χ1) is 15.3. The molecule has 0 saturated heterocycles. The summed E-state index contributed by atoms with van der Waals surface area (Å²) in [6, 6.07) is 5.73. The molecule has 2 N–H and O–H groups in total. The standard InChI is InChI=1S/C22H25FN8O/c1-12-6-16-19-10-28(18-5-4-15(7-24)31-22(18)17(23)8-26-31)9-13(2)30(19)27-21(16)14(3)29(12)11-20(25)32/h4-5,8,12-14H,6,9-11H2,1-3H3,(H2,25,32)/t12-,13+,14+/m0/s1. The molecule has 0 aromatic carbocycles. The molecule has 32 heavy (non-hydrogen) atoms. The zero-order valence-corrected chi connectivity index (χ0v) is 18.3. The Balaban J connectivity index is 1.56. The second kappa shape index (κ2) is 7.31. The average molecular weight is 436 g/mol. The second-order valence-corrected chi connectivity index (χ2v) is 8.82. The number of nitrogens with two attached hydrogens (primary N) is 1. The number of primary amides is 1. The molecule has 0 spiro atoms. The molecule has 0 saturated carbocycles. The molecule has 0 bridgehead atoms. The molecule has 0 unspecified atom stereocenters. The van der Waals surface area contributed by atoms with Gasteiger partial charge < -0.3 is 10.6 Å². The molecule has 0 fully saturated rings. The normalized spacial score (nSPS) is 23.1. The van der Waals surface area contributed by atoms with Gasteiger partial charge in [0.15, 0.2) is 5.82 Å². The molecule has 9 nitrogen and oxygen atoms in total. The van der Waals surface area contributed by atoms with E-state index in [1.807, 2.05) is 0 Å². The summed E-state index contributed by atoms with van der Waals surface area (Å²) >= 11 is 0. The molecular weight excluding hydrogens is 411 g/mol. The lowest BCUT2D eigenvalue weighted by Gasteiger charge is -2.38. The molecule has 5 rings (SSSR count). The van der Waals surface area contributed by atoms with Crippen LogP contribution >= 0.6 is 0 Å². The first kappa shape index (κ1) is 20.5. The van der Waals surface area contributed by atoms with E-state index in [9.17, 15) is 14.4 Å². The third-order valence-corrected chi connectivity index (χ3v) is 6.74. The van der Waals surface area contributed by atoms with Crippen LogP contribution in [0.1, 0.15) is 55.5 Å². The predicted molar refractivity (Wildman–Crippen MR) is 115 cm³/mol. The lowest BCUT2D eigenvalue weighted by molar-refractivity contribution is -0.120. The van der Waals surface area contributed by atoms with Gasteiger partial charge in [0.05, 0.1) is 48.4 Å². The number of nitriles is 1. The zero-order valence-electron chi connectivity index (χ0n) is 18.3. The van der Waals surface area contributed by atoms with Crippen molar-refractivity contribution in [1.29, 1.82) is 5.26 Å². The number of halogens is 1. The quantitative estimate of drug-likeness (QED) is 0.672. The third-order valence-electron chi connectivity index (χ3n) is 6.74. The SMILES string of the molecule is C[C@@H]1c2nn3c(c2C[C@H](C)N1CC(N)=O)CN(c1ccc(C#N)n2ncc(F)c12)C[C@H]3C. The van der Waals surface area contributed by atoms with Crippen molar-refractivity contribution in [2.45, 2.75) is 51.9 Å². The van der Waals surface area contributed by atoms with E-state index >= 15 is 0 Å². The number of amides is 1. The van der Waals surface area contributed by atoms with E-state index in [2.05, 4.69) is 46.4 Å². The van der Waals surface area contributed by atoms with Crippen LogP contribution in [-0.4, -0.2) is 49.3 Å². The fraction of sp³-hybridized carbons (Fsp3) is 0.455. The van der Waals surface area contributed by atoms with Gasteiger partial charge in [-0.2, -0.15) is 15.5 Å². The second-order valence-electron chi connectivity index (χ2n) is 8.82. The highest BCUT2D eigenvalue weighted by Gasteiger charge is 2.38. The van der Waals surface area contributed by atoms with Crippen LogP contribution in [0, 0.1) is 17.1 Å². The summed E-state index contributed by atoms with van der Waals surface area (Å²) in [5, 5.41) is 18.3. The molecule has 2 aliphatic rings. The fourth-order valence-electron chi connectivity index (χ4n) is 5.25. The maximum atomic E-state index is 14.7. The molecule has 166 valence electrons. The van der Waals surface area contributed by atoms with E-state index < -0.39 is 5.82 Å². The molecule has 2 aliphatic heterocycles. The Hall–Kier alpha value is -3.45. The van der Waals surface area contributed by atoms with Gasteiger partial charge in [-0.05, 0) is 39.3 Å². The predicted octanol–water partition coefficient (Wildman–Crippen LogP) is 1.92. The van der Waals surface area contributed by atoms with Crippen molar-refractivity contribution in [1.82, 2.24) is 24.3 Å². The van der Waals surface area contributed by atoms with Crippen LogP contribution in [0.3, 0.4) is 0 Å². The maximum Gasteiger partial charge on any atom is 0.231 e. The minimum Gasteiger partial charge on any atom is -0.369 e. The number of aromatic nitrogens is 4. The van der Waals surface area contributed by atoms with Crippen molar-refractivity contribution >= 4 is 17.1 Å². The number of nitrogens with zero attached hydrogens (tertiary/aromatic N) is 7. The number of carbonyl (C=O) groups is 1. The van der Waals surface area contributed by atoms with E-state index in [1.54, 1.807) is 12.1 Å². The summed E-state index contributed by atoms with van der Waals surface area (Å²) in [5.41, 5.74) is 10.1. The summed E-state index contributed by atoms with van der Waals surface area (Å²) in [6.45, 7) is 7.68. The highest BCUT2D eigenvalue weighted by atomic mass is 19.1. The molecule has 3 aromatic rings. The van der Waals surface area contributed by atoms with Crippen LogP contribution in [0.15, 0.2) is 18.3 Å². The Kier molecular flexibility index (Phi) is 4.67. The number of hydrogen-bond donors (Lipinski definition) is 1. The van der Waals surface area contributed by atoms with Gasteiger partial charge in [-0.15, -0.1) is 0 Å². The number of anilines is 1. The average Bonchev–Trinajstić information content (AvgIpc) is 3.32. The monoisotopic (exact) mass is 436 g/mol. The van der Waals surface area contributed by atoms with Crippen molar-refractivity contribution < 1.29 is 9.18 Å².